The fraction of sp³-hybridized carbons (Fsp3) is 0.481. The van der Waals surface area contributed by atoms with Gasteiger partial charge in [0.15, 0.2) is 5.60 Å². The number of nitrogens with zero attached hydrogens (tertiary/aromatic N) is 2. The van der Waals surface area contributed by atoms with E-state index >= 15 is 0 Å². The van der Waals surface area contributed by atoms with Gasteiger partial charge in [0.25, 0.3) is 5.91 Å². The molecule has 1 aliphatic heterocycles. The Labute approximate surface area is 229 Å². The number of aliphatic hydroxyl groups is 3. The number of nitrogens with one attached hydrogen (secondary N) is 2. The molecule has 0 aromatic heterocycles. The van der Waals surface area contributed by atoms with Crippen molar-refractivity contribution >= 4 is 29.2 Å². The minimum atomic E-state index is -2.51. The molecule has 0 spiro atoms. The number of fused-ring (bicyclic) bond motifs is 3. The second-order valence-corrected chi connectivity index (χ2v) is 11.1. The molecule has 4 aliphatic rings. The van der Waals surface area contributed by atoms with Gasteiger partial charge in [0, 0.05) is 31.0 Å². The van der Waals surface area contributed by atoms with Crippen molar-refractivity contribution in [1.29, 1.82) is 0 Å². The Morgan fingerprint density at radius 2 is 1.77 bits per heavy atom. The Hall–Kier alpha value is -3.94. The number of rotatable bonds is 4. The summed E-state index contributed by atoms with van der Waals surface area (Å²) in [7, 11) is 3.23. The number of carbonyl (C=O) groups excluding carboxylic acids is 4. The normalized spacial score (nSPS) is 28.2. The number of aliphatic hydroxyl groups excluding tert-OH is 2. The molecule has 0 saturated carbocycles. The summed E-state index contributed by atoms with van der Waals surface area (Å²) in [6.07, 6.45) is 2.29. The third kappa shape index (κ3) is 4.21. The van der Waals surface area contributed by atoms with Crippen LogP contribution in [0.15, 0.2) is 34.8 Å². The first kappa shape index (κ1) is 27.6. The van der Waals surface area contributed by atoms with Gasteiger partial charge in [-0.3, -0.25) is 29.5 Å². The number of hydrogen-bond acceptors (Lipinski definition) is 10. The van der Waals surface area contributed by atoms with Crippen LogP contribution in [0.2, 0.25) is 0 Å². The first-order chi connectivity index (χ1) is 18.9. The quantitative estimate of drug-likeness (QED) is 0.145. The SMILES string of the molecule is CN(C)[C@@H]1C(O)=C(C(N)=O)C(=O)C2(O)C(O)=C3Cc4c(ccc(NC(=O)C(=O)NN5CCCC5)c4O)CC3CC12. The summed E-state index contributed by atoms with van der Waals surface area (Å²) in [6, 6.07) is 2.23. The van der Waals surface area contributed by atoms with Crippen molar-refractivity contribution < 1.29 is 39.6 Å². The fourth-order valence-corrected chi connectivity index (χ4v) is 6.61. The predicted octanol–water partition coefficient (Wildman–Crippen LogP) is -0.454. The molecule has 1 heterocycles. The van der Waals surface area contributed by atoms with Crippen LogP contribution in [-0.2, 0) is 32.0 Å². The van der Waals surface area contributed by atoms with Gasteiger partial charge in [-0.1, -0.05) is 6.07 Å². The number of likely N-dealkylation sites (N-methyl/N-ethyl adjacent to an activating group) is 1. The number of carbonyl (C=O) groups is 4. The molecule has 0 bridgehead atoms. The van der Waals surface area contributed by atoms with E-state index in [2.05, 4.69) is 10.7 Å². The minimum absolute atomic E-state index is 0.00320. The molecular weight excluding hydrogens is 522 g/mol. The lowest BCUT2D eigenvalue weighted by Gasteiger charge is -2.50. The Balaban J connectivity index is 1.47. The van der Waals surface area contributed by atoms with E-state index in [9.17, 15) is 39.6 Å². The van der Waals surface area contributed by atoms with Crippen LogP contribution >= 0.6 is 0 Å². The standard InChI is InChI=1S/C27H33N5O8/c1-31(2)19-16-10-13-9-12-5-6-17(29-25(38)26(39)30-32-7-3-4-8-32)20(33)14(12)11-15(13)22(35)27(16,40)23(36)18(21(19)34)24(28)37/h5-6,13,16,19,33-35,40H,3-4,7-11H2,1-2H3,(H2,28,37)(H,29,38)(H,30,39)/t13?,16?,19-,27?/m0/s1. The lowest BCUT2D eigenvalue weighted by atomic mass is 9.59. The molecule has 13 nitrogen and oxygen atoms in total. The molecule has 1 saturated heterocycles. The van der Waals surface area contributed by atoms with Gasteiger partial charge >= 0.3 is 11.8 Å². The smallest absolute Gasteiger partial charge is 0.323 e. The Morgan fingerprint density at radius 3 is 2.40 bits per heavy atom. The van der Waals surface area contributed by atoms with Gasteiger partial charge in [-0.25, -0.2) is 5.01 Å². The molecule has 5 rings (SSSR count). The first-order valence-corrected chi connectivity index (χ1v) is 13.2. The van der Waals surface area contributed by atoms with Crippen LogP contribution in [0.3, 0.4) is 0 Å². The molecule has 3 aliphatic carbocycles. The van der Waals surface area contributed by atoms with Crippen LogP contribution in [0.1, 0.15) is 30.4 Å². The lowest BCUT2D eigenvalue weighted by Crippen LogP contribution is -2.63. The zero-order chi connectivity index (χ0) is 29.1. The second kappa shape index (κ2) is 9.91. The maximum absolute atomic E-state index is 13.3. The number of aromatic hydroxyl groups is 1. The van der Waals surface area contributed by atoms with Crippen LogP contribution in [0, 0.1) is 11.8 Å². The van der Waals surface area contributed by atoms with Crippen LogP contribution in [-0.4, -0.2) is 92.7 Å². The lowest BCUT2D eigenvalue weighted by molar-refractivity contribution is -0.148. The van der Waals surface area contributed by atoms with Crippen molar-refractivity contribution in [3.63, 3.8) is 0 Å². The van der Waals surface area contributed by atoms with Crippen molar-refractivity contribution in [3.8, 4) is 5.75 Å². The van der Waals surface area contributed by atoms with Crippen LogP contribution in [0.5, 0.6) is 5.75 Å². The average Bonchev–Trinajstić information content (AvgIpc) is 3.40. The number of nitrogens with two attached hydrogens (primary N) is 1. The second-order valence-electron chi connectivity index (χ2n) is 11.1. The third-order valence-electron chi connectivity index (χ3n) is 8.56. The number of hydrogen-bond donors (Lipinski definition) is 7. The molecule has 3 unspecified atom stereocenters. The summed E-state index contributed by atoms with van der Waals surface area (Å²) in [5, 5.41) is 49.0. The Bertz CT molecular complexity index is 1380. The molecule has 13 heteroatoms. The average molecular weight is 556 g/mol. The Morgan fingerprint density at radius 1 is 1.10 bits per heavy atom. The summed E-state index contributed by atoms with van der Waals surface area (Å²) in [4.78, 5) is 51.8. The number of hydrazine groups is 1. The highest BCUT2D eigenvalue weighted by atomic mass is 16.3. The number of amides is 3. The molecule has 1 aromatic carbocycles. The summed E-state index contributed by atoms with van der Waals surface area (Å²) in [5.41, 5.74) is 6.01. The number of primary amides is 1. The van der Waals surface area contributed by atoms with Gasteiger partial charge in [-0.15, -0.1) is 0 Å². The topological polar surface area (TPSA) is 206 Å². The molecular formula is C27H33N5O8. The largest absolute Gasteiger partial charge is 0.510 e. The van der Waals surface area contributed by atoms with Crippen molar-refractivity contribution in [2.45, 2.75) is 43.7 Å². The molecule has 8 N–H and O–H groups in total. The van der Waals surface area contributed by atoms with E-state index in [1.54, 1.807) is 30.1 Å². The van der Waals surface area contributed by atoms with Gasteiger partial charge in [-0.2, -0.15) is 0 Å². The van der Waals surface area contributed by atoms with Crippen LogP contribution < -0.4 is 16.5 Å². The van der Waals surface area contributed by atoms with Crippen molar-refractivity contribution in [1.82, 2.24) is 15.3 Å². The van der Waals surface area contributed by atoms with Crippen molar-refractivity contribution in [2.24, 2.45) is 17.6 Å². The van der Waals surface area contributed by atoms with Crippen molar-refractivity contribution in [2.75, 3.05) is 32.5 Å². The van der Waals surface area contributed by atoms with Crippen LogP contribution in [0.4, 0.5) is 5.69 Å². The van der Waals surface area contributed by atoms with E-state index in [4.69, 9.17) is 5.73 Å². The molecule has 1 fully saturated rings. The highest BCUT2D eigenvalue weighted by molar-refractivity contribution is 6.39. The number of Topliss-reactive ketones (excluding diaryl/α,β-unsaturated/α-hetero) is 1. The fourth-order valence-electron chi connectivity index (χ4n) is 6.61. The van der Waals surface area contributed by atoms with Gasteiger partial charge in [0.2, 0.25) is 5.78 Å². The van der Waals surface area contributed by atoms with Crippen molar-refractivity contribution in [3.05, 3.63) is 45.9 Å². The maximum Gasteiger partial charge on any atom is 0.323 e. The maximum atomic E-state index is 13.3. The molecule has 40 heavy (non-hydrogen) atoms. The summed E-state index contributed by atoms with van der Waals surface area (Å²) < 4.78 is 0. The van der Waals surface area contributed by atoms with E-state index in [0.717, 1.165) is 18.4 Å². The minimum Gasteiger partial charge on any atom is -0.510 e. The predicted molar refractivity (Wildman–Crippen MR) is 141 cm³/mol. The molecule has 4 atom stereocenters. The molecule has 0 radical (unpaired) electrons. The first-order valence-electron chi connectivity index (χ1n) is 13.2. The summed E-state index contributed by atoms with van der Waals surface area (Å²) >= 11 is 0. The van der Waals surface area contributed by atoms with Gasteiger partial charge < -0.3 is 31.5 Å². The van der Waals surface area contributed by atoms with E-state index in [1.807, 2.05) is 0 Å². The molecule has 214 valence electrons. The summed E-state index contributed by atoms with van der Waals surface area (Å²) in [5.74, 6) is -7.03. The molecule has 3 amide bonds. The van der Waals surface area contributed by atoms with E-state index in [-0.39, 0.29) is 30.2 Å². The van der Waals surface area contributed by atoms with Gasteiger partial charge in [0.05, 0.1) is 11.7 Å². The van der Waals surface area contributed by atoms with E-state index in [0.29, 0.717) is 30.6 Å². The van der Waals surface area contributed by atoms with E-state index < -0.39 is 58.2 Å². The zero-order valence-corrected chi connectivity index (χ0v) is 22.2. The van der Waals surface area contributed by atoms with Crippen LogP contribution in [0.25, 0.3) is 0 Å². The Kier molecular flexibility index (Phi) is 6.84. The number of phenolic OH excluding ortho intramolecular Hbond substituents is 1. The number of ketones is 1. The number of allylic oxidation sites excluding steroid dienone is 1. The van der Waals surface area contributed by atoms with Gasteiger partial charge in [0.1, 0.15) is 22.8 Å². The highest BCUT2D eigenvalue weighted by Gasteiger charge is 2.62. The van der Waals surface area contributed by atoms with E-state index in [1.165, 1.54) is 6.07 Å². The summed E-state index contributed by atoms with van der Waals surface area (Å²) in [6.45, 7) is 1.29. The number of anilines is 1. The highest BCUT2D eigenvalue weighted by Crippen LogP contribution is 2.52. The third-order valence-corrected chi connectivity index (χ3v) is 8.56. The monoisotopic (exact) mass is 555 g/mol. The number of benzene rings is 1. The van der Waals surface area contributed by atoms with Gasteiger partial charge in [-0.05, 0) is 62.9 Å². The number of phenols is 1. The molecule has 1 aromatic rings. The zero-order valence-electron chi connectivity index (χ0n) is 22.2.